The highest BCUT2D eigenvalue weighted by Crippen LogP contribution is 2.29. The van der Waals surface area contributed by atoms with E-state index in [4.69, 9.17) is 5.73 Å². The van der Waals surface area contributed by atoms with Crippen LogP contribution in [0, 0.1) is 12.7 Å². The maximum atomic E-state index is 13.4. The molecule has 2 N–H and O–H groups in total. The van der Waals surface area contributed by atoms with Crippen LogP contribution in [0.3, 0.4) is 0 Å². The second kappa shape index (κ2) is 5.14. The van der Waals surface area contributed by atoms with E-state index in [9.17, 15) is 17.6 Å². The van der Waals surface area contributed by atoms with Crippen molar-refractivity contribution in [1.29, 1.82) is 0 Å². The molecule has 0 aromatic heterocycles. The molecule has 1 rings (SSSR count). The average Bonchev–Trinajstić information content (AvgIpc) is 2.18. The minimum Gasteiger partial charge on any atom is -0.365 e. The lowest BCUT2D eigenvalue weighted by Gasteiger charge is -2.25. The molecular formula is C12H16F4N2. The van der Waals surface area contributed by atoms with Crippen LogP contribution in [0.1, 0.15) is 24.1 Å². The Morgan fingerprint density at radius 2 is 1.89 bits per heavy atom. The highest BCUT2D eigenvalue weighted by atomic mass is 19.4. The van der Waals surface area contributed by atoms with Gasteiger partial charge < -0.3 is 10.6 Å². The van der Waals surface area contributed by atoms with Gasteiger partial charge in [-0.3, -0.25) is 0 Å². The van der Waals surface area contributed by atoms with Gasteiger partial charge in [-0.1, -0.05) is 0 Å². The molecule has 0 saturated heterocycles. The molecule has 6 heteroatoms. The van der Waals surface area contributed by atoms with E-state index in [2.05, 4.69) is 0 Å². The van der Waals surface area contributed by atoms with Gasteiger partial charge in [0.25, 0.3) is 0 Å². The number of hydrogen-bond acceptors (Lipinski definition) is 2. The summed E-state index contributed by atoms with van der Waals surface area (Å²) in [4.78, 5) is 1.03. The summed E-state index contributed by atoms with van der Waals surface area (Å²) in [5.41, 5.74) is 6.63. The monoisotopic (exact) mass is 264 g/mol. The van der Waals surface area contributed by atoms with Crippen molar-refractivity contribution in [3.05, 3.63) is 29.1 Å². The van der Waals surface area contributed by atoms with Gasteiger partial charge in [-0.15, -0.1) is 0 Å². The molecule has 0 bridgehead atoms. The summed E-state index contributed by atoms with van der Waals surface area (Å²) in [7, 11) is 1.31. The molecule has 0 saturated carbocycles. The summed E-state index contributed by atoms with van der Waals surface area (Å²) in [6.45, 7) is 2.01. The van der Waals surface area contributed by atoms with Crippen LogP contribution in [0.5, 0.6) is 0 Å². The van der Waals surface area contributed by atoms with E-state index in [-0.39, 0.29) is 0 Å². The Hall–Kier alpha value is -1.30. The number of aryl methyl sites for hydroxylation is 1. The number of nitrogens with two attached hydrogens (primary N) is 1. The number of nitrogens with zero attached hydrogens (tertiary/aromatic N) is 1. The number of anilines is 1. The number of rotatable bonds is 3. The molecule has 1 aromatic rings. The fraction of sp³-hybridized carbons (Fsp3) is 0.500. The van der Waals surface area contributed by atoms with Crippen molar-refractivity contribution in [3.8, 4) is 0 Å². The standard InChI is InChI=1S/C12H16F4N2/c1-7-4-11(18(3)6-12(14,15)16)9(8(2)17)5-10(7)13/h4-5,8H,6,17H2,1-3H3. The third-order valence-corrected chi connectivity index (χ3v) is 2.63. The fourth-order valence-corrected chi connectivity index (χ4v) is 1.73. The van der Waals surface area contributed by atoms with Gasteiger partial charge in [0.15, 0.2) is 0 Å². The van der Waals surface area contributed by atoms with Crippen LogP contribution in [-0.4, -0.2) is 19.8 Å². The van der Waals surface area contributed by atoms with Crippen molar-refractivity contribution in [1.82, 2.24) is 0 Å². The molecule has 2 nitrogen and oxygen atoms in total. The second-order valence-corrected chi connectivity index (χ2v) is 4.42. The van der Waals surface area contributed by atoms with Crippen LogP contribution in [0.25, 0.3) is 0 Å². The number of alkyl halides is 3. The van der Waals surface area contributed by atoms with Crippen molar-refractivity contribution in [2.45, 2.75) is 26.1 Å². The van der Waals surface area contributed by atoms with Crippen LogP contribution in [0.4, 0.5) is 23.2 Å². The molecule has 1 aromatic carbocycles. The van der Waals surface area contributed by atoms with Gasteiger partial charge >= 0.3 is 6.18 Å². The molecular weight excluding hydrogens is 248 g/mol. The van der Waals surface area contributed by atoms with Crippen molar-refractivity contribution >= 4 is 5.69 Å². The second-order valence-electron chi connectivity index (χ2n) is 4.42. The Labute approximate surface area is 103 Å². The highest BCUT2D eigenvalue weighted by Gasteiger charge is 2.30. The van der Waals surface area contributed by atoms with Crippen molar-refractivity contribution in [2.75, 3.05) is 18.5 Å². The number of hydrogen-bond donors (Lipinski definition) is 1. The molecule has 0 aliphatic heterocycles. The summed E-state index contributed by atoms with van der Waals surface area (Å²) >= 11 is 0. The SMILES string of the molecule is Cc1cc(N(C)CC(F)(F)F)c(C(C)N)cc1F. The summed E-state index contributed by atoms with van der Waals surface area (Å²) in [5.74, 6) is -0.466. The highest BCUT2D eigenvalue weighted by molar-refractivity contribution is 5.56. The van der Waals surface area contributed by atoms with Gasteiger partial charge in [0.2, 0.25) is 0 Å². The minimum absolute atomic E-state index is 0.295. The molecule has 1 unspecified atom stereocenters. The zero-order valence-electron chi connectivity index (χ0n) is 10.5. The molecule has 0 aliphatic rings. The van der Waals surface area contributed by atoms with Crippen LogP contribution in [-0.2, 0) is 0 Å². The Morgan fingerprint density at radius 3 is 2.33 bits per heavy atom. The Balaban J connectivity index is 3.17. The van der Waals surface area contributed by atoms with Crippen molar-refractivity contribution in [2.24, 2.45) is 5.73 Å². The summed E-state index contributed by atoms with van der Waals surface area (Å²) in [5, 5.41) is 0. The third kappa shape index (κ3) is 3.60. The summed E-state index contributed by atoms with van der Waals surface area (Å²) < 4.78 is 50.5. The molecule has 1 atom stereocenters. The van der Waals surface area contributed by atoms with Crippen LogP contribution in [0.15, 0.2) is 12.1 Å². The topological polar surface area (TPSA) is 29.3 Å². The van der Waals surface area contributed by atoms with E-state index in [1.54, 1.807) is 6.92 Å². The quantitative estimate of drug-likeness (QED) is 0.850. The molecule has 0 spiro atoms. The zero-order valence-corrected chi connectivity index (χ0v) is 10.5. The first-order valence-electron chi connectivity index (χ1n) is 5.45. The van der Waals surface area contributed by atoms with Gasteiger partial charge in [-0.25, -0.2) is 4.39 Å². The first kappa shape index (κ1) is 14.8. The van der Waals surface area contributed by atoms with Crippen LogP contribution >= 0.6 is 0 Å². The normalized spacial score (nSPS) is 13.6. The predicted molar refractivity (Wildman–Crippen MR) is 63.1 cm³/mol. The Bertz CT molecular complexity index is 427. The zero-order chi connectivity index (χ0) is 14.1. The van der Waals surface area contributed by atoms with E-state index in [1.807, 2.05) is 0 Å². The molecule has 0 radical (unpaired) electrons. The maximum Gasteiger partial charge on any atom is 0.405 e. The number of benzene rings is 1. The van der Waals surface area contributed by atoms with Crippen LogP contribution < -0.4 is 10.6 Å². The van der Waals surface area contributed by atoms with Gasteiger partial charge in [-0.05, 0) is 37.1 Å². The molecule has 18 heavy (non-hydrogen) atoms. The smallest absolute Gasteiger partial charge is 0.365 e. The molecule has 102 valence electrons. The lowest BCUT2D eigenvalue weighted by Crippen LogP contribution is -2.32. The van der Waals surface area contributed by atoms with Gasteiger partial charge in [0.05, 0.1) is 0 Å². The molecule has 0 fully saturated rings. The summed E-state index contributed by atoms with van der Waals surface area (Å²) in [6.07, 6.45) is -4.31. The summed E-state index contributed by atoms with van der Waals surface area (Å²) in [6, 6.07) is 2.05. The van der Waals surface area contributed by atoms with E-state index >= 15 is 0 Å². The maximum absolute atomic E-state index is 13.4. The third-order valence-electron chi connectivity index (χ3n) is 2.63. The molecule has 0 amide bonds. The fourth-order valence-electron chi connectivity index (χ4n) is 1.73. The number of halogens is 4. The van der Waals surface area contributed by atoms with E-state index in [1.165, 1.54) is 26.1 Å². The molecule has 0 aliphatic carbocycles. The van der Waals surface area contributed by atoms with Crippen molar-refractivity contribution < 1.29 is 17.6 Å². The predicted octanol–water partition coefficient (Wildman–Crippen LogP) is 3.15. The largest absolute Gasteiger partial charge is 0.405 e. The Morgan fingerprint density at radius 1 is 1.33 bits per heavy atom. The average molecular weight is 264 g/mol. The van der Waals surface area contributed by atoms with E-state index in [0.717, 1.165) is 4.90 Å². The van der Waals surface area contributed by atoms with Crippen molar-refractivity contribution in [3.63, 3.8) is 0 Å². The lowest BCUT2D eigenvalue weighted by atomic mass is 10.0. The van der Waals surface area contributed by atoms with Gasteiger partial charge in [0, 0.05) is 18.8 Å². The van der Waals surface area contributed by atoms with Gasteiger partial charge in [0.1, 0.15) is 12.4 Å². The lowest BCUT2D eigenvalue weighted by molar-refractivity contribution is -0.119. The molecule has 0 heterocycles. The first-order chi connectivity index (χ1) is 8.11. The van der Waals surface area contributed by atoms with Gasteiger partial charge in [-0.2, -0.15) is 13.2 Å². The minimum atomic E-state index is -4.31. The van der Waals surface area contributed by atoms with E-state index < -0.39 is 24.6 Å². The van der Waals surface area contributed by atoms with Crippen LogP contribution in [0.2, 0.25) is 0 Å². The first-order valence-corrected chi connectivity index (χ1v) is 5.45. The van der Waals surface area contributed by atoms with E-state index in [0.29, 0.717) is 16.8 Å². The Kier molecular flexibility index (Phi) is 4.21.